The molecule has 0 fully saturated rings. The van der Waals surface area contributed by atoms with Crippen molar-refractivity contribution in [2.75, 3.05) is 0 Å². The largest absolute Gasteiger partial charge is 0.0721 e. The summed E-state index contributed by atoms with van der Waals surface area (Å²) in [6, 6.07) is 0. The molecule has 55 valence electrons. The fourth-order valence-corrected chi connectivity index (χ4v) is 30.4. The predicted octanol–water partition coefficient (Wildman–Crippen LogP) is 1.98. The molecule has 0 saturated heterocycles. The maximum Gasteiger partial charge on any atom is 0.0298 e. The zero-order valence-electron chi connectivity index (χ0n) is 8.50. The fourth-order valence-electron chi connectivity index (χ4n) is 1.12. The fraction of sp³-hybridized carbons (Fsp3) is 1.00. The zero-order valence-corrected chi connectivity index (χ0v) is 14.6. The summed E-state index contributed by atoms with van der Waals surface area (Å²) in [5, 5.41) is 0. The molecule has 0 aliphatic carbocycles. The Labute approximate surface area is 112 Å². The van der Waals surface area contributed by atoms with Gasteiger partial charge in [0.15, 0.2) is 0 Å². The molecule has 0 nitrogen and oxygen atoms in total. The van der Waals surface area contributed by atoms with E-state index in [4.69, 9.17) is 0 Å². The Morgan fingerprint density at radius 1 is 0.700 bits per heavy atom. The van der Waals surface area contributed by atoms with E-state index in [2.05, 4.69) is 39.3 Å². The van der Waals surface area contributed by atoms with Gasteiger partial charge in [-0.2, -0.15) is 0 Å². The number of rotatable bonds is 2. The molecule has 0 amide bonds. The molecule has 0 aliphatic rings. The van der Waals surface area contributed by atoms with Crippen molar-refractivity contribution in [1.29, 1.82) is 0 Å². The summed E-state index contributed by atoms with van der Waals surface area (Å²) in [7, 11) is -0.0775. The first-order valence-electron chi connectivity index (χ1n) is 3.50. The van der Waals surface area contributed by atoms with Gasteiger partial charge in [0.25, 0.3) is 0 Å². The molecule has 0 aromatic carbocycles. The first-order valence-corrected chi connectivity index (χ1v) is 13.5. The third-order valence-electron chi connectivity index (χ3n) is 0.750. The van der Waals surface area contributed by atoms with Gasteiger partial charge >= 0.3 is 0 Å². The van der Waals surface area contributed by atoms with E-state index in [1.807, 2.05) is 0 Å². The summed E-state index contributed by atoms with van der Waals surface area (Å²) in [5.74, 6) is 0. The van der Waals surface area contributed by atoms with Gasteiger partial charge in [0.2, 0.25) is 0 Å². The molecule has 0 N–H and O–H groups in total. The molecular formula is C6H18KSi3. The minimum atomic E-state index is -0.703. The van der Waals surface area contributed by atoms with E-state index in [-0.39, 0.29) is 51.4 Å². The second-order valence-corrected chi connectivity index (χ2v) is 25.9. The molecular weight excluding hydrogens is 195 g/mol. The van der Waals surface area contributed by atoms with Gasteiger partial charge in [0.1, 0.15) is 0 Å². The van der Waals surface area contributed by atoms with Crippen LogP contribution in [-0.2, 0) is 0 Å². The normalized spacial score (nSPS) is 12.6. The van der Waals surface area contributed by atoms with E-state index in [1.54, 1.807) is 0 Å². The van der Waals surface area contributed by atoms with Gasteiger partial charge < -0.3 is 0 Å². The summed E-state index contributed by atoms with van der Waals surface area (Å²) in [5.41, 5.74) is 0. The zero-order chi connectivity index (χ0) is 7.71. The van der Waals surface area contributed by atoms with Crippen molar-refractivity contribution in [2.45, 2.75) is 39.3 Å². The monoisotopic (exact) mass is 213 g/mol. The molecule has 0 unspecified atom stereocenters. The Morgan fingerprint density at radius 3 is 0.900 bits per heavy atom. The Morgan fingerprint density at radius 2 is 0.900 bits per heavy atom. The van der Waals surface area contributed by atoms with Gasteiger partial charge in [0.05, 0.1) is 0 Å². The molecule has 3 radical (unpaired) electrons. The molecule has 0 aromatic heterocycles. The molecule has 0 heterocycles. The molecule has 4 heteroatoms. The van der Waals surface area contributed by atoms with Gasteiger partial charge in [-0.05, 0) is 0 Å². The van der Waals surface area contributed by atoms with Crippen molar-refractivity contribution in [3.8, 4) is 0 Å². The van der Waals surface area contributed by atoms with Gasteiger partial charge in [0, 0.05) is 75.1 Å². The van der Waals surface area contributed by atoms with Crippen LogP contribution in [0.5, 0.6) is 0 Å². The van der Waals surface area contributed by atoms with Gasteiger partial charge in [-0.3, -0.25) is 0 Å². The van der Waals surface area contributed by atoms with Crippen LogP contribution >= 0.6 is 0 Å². The minimum Gasteiger partial charge on any atom is -0.0721 e. The van der Waals surface area contributed by atoms with Crippen molar-refractivity contribution in [2.24, 2.45) is 0 Å². The first kappa shape index (κ1) is 14.8. The van der Waals surface area contributed by atoms with Crippen molar-refractivity contribution >= 4 is 75.1 Å². The van der Waals surface area contributed by atoms with E-state index in [9.17, 15) is 0 Å². The van der Waals surface area contributed by atoms with Crippen LogP contribution in [0.2, 0.25) is 39.3 Å². The Balaban J connectivity index is 0. The molecule has 0 spiro atoms. The summed E-state index contributed by atoms with van der Waals surface area (Å²) < 4.78 is 0. The molecule has 0 rings (SSSR count). The average Bonchev–Trinajstić information content (AvgIpc) is 1.14. The van der Waals surface area contributed by atoms with E-state index in [0.717, 1.165) is 0 Å². The Kier molecular flexibility index (Phi) is 7.56. The quantitative estimate of drug-likeness (QED) is 0.616. The van der Waals surface area contributed by atoms with Gasteiger partial charge in [-0.1, -0.05) is 39.3 Å². The summed E-state index contributed by atoms with van der Waals surface area (Å²) in [6.45, 7) is 14.9. The maximum atomic E-state index is 2.48. The molecule has 0 saturated carbocycles. The van der Waals surface area contributed by atoms with Gasteiger partial charge in [-0.25, -0.2) is 0 Å². The minimum absolute atomic E-state index is 0. The van der Waals surface area contributed by atoms with Gasteiger partial charge in [-0.15, -0.1) is 0 Å². The van der Waals surface area contributed by atoms with E-state index in [0.29, 0.717) is 0 Å². The molecule has 0 atom stereocenters. The van der Waals surface area contributed by atoms with E-state index in [1.165, 1.54) is 8.55 Å². The predicted molar refractivity (Wildman–Crippen MR) is 58.2 cm³/mol. The van der Waals surface area contributed by atoms with Crippen molar-refractivity contribution < 1.29 is 0 Å². The molecule has 0 bridgehead atoms. The van der Waals surface area contributed by atoms with Crippen molar-refractivity contribution in [3.05, 3.63) is 0 Å². The van der Waals surface area contributed by atoms with Crippen LogP contribution in [0, 0.1) is 0 Å². The van der Waals surface area contributed by atoms with Crippen molar-refractivity contribution in [3.63, 3.8) is 0 Å². The molecule has 0 aromatic rings. The van der Waals surface area contributed by atoms with E-state index >= 15 is 0 Å². The standard InChI is InChI=1S/C6H18Si3.K/c1-8(2,3)7-9(4,5)6;/h1-6H3;. The van der Waals surface area contributed by atoms with Crippen LogP contribution < -0.4 is 0 Å². The maximum absolute atomic E-state index is 2.48. The van der Waals surface area contributed by atoms with Crippen LogP contribution in [-0.4, -0.2) is 75.1 Å². The molecule has 10 heavy (non-hydrogen) atoms. The smallest absolute Gasteiger partial charge is 0.0298 e. The average molecular weight is 214 g/mol. The second-order valence-electron chi connectivity index (χ2n) is 4.62. The number of hydrogen-bond acceptors (Lipinski definition) is 0. The topological polar surface area (TPSA) is 0 Å². The van der Waals surface area contributed by atoms with E-state index < -0.39 is 15.2 Å². The summed E-state index contributed by atoms with van der Waals surface area (Å²) >= 11 is 0. The van der Waals surface area contributed by atoms with Crippen LogP contribution in [0.1, 0.15) is 0 Å². The summed E-state index contributed by atoms with van der Waals surface area (Å²) in [6.07, 6.45) is 0. The molecule has 0 aliphatic heterocycles. The van der Waals surface area contributed by atoms with Crippen molar-refractivity contribution in [1.82, 2.24) is 0 Å². The third-order valence-corrected chi connectivity index (χ3v) is 20.2. The van der Waals surface area contributed by atoms with Crippen LogP contribution in [0.15, 0.2) is 0 Å². The first-order chi connectivity index (χ1) is 3.71. The Bertz CT molecular complexity index is 78.1. The Hall–Kier alpha value is 2.29. The second kappa shape index (κ2) is 5.11. The van der Waals surface area contributed by atoms with Crippen LogP contribution in [0.3, 0.4) is 0 Å². The number of hydrogen-bond donors (Lipinski definition) is 0. The summed E-state index contributed by atoms with van der Waals surface area (Å²) in [4.78, 5) is 0. The van der Waals surface area contributed by atoms with Crippen LogP contribution in [0.25, 0.3) is 0 Å². The third kappa shape index (κ3) is 12.9. The van der Waals surface area contributed by atoms with Crippen LogP contribution in [0.4, 0.5) is 0 Å². The SMILES string of the molecule is C[Si](C)(C)[Si][Si](C)(C)C.[K].